The minimum atomic E-state index is -0.330. The van der Waals surface area contributed by atoms with E-state index in [2.05, 4.69) is 34.4 Å². The second kappa shape index (κ2) is 6.89. The van der Waals surface area contributed by atoms with Gasteiger partial charge in [-0.3, -0.25) is 10.6 Å². The number of thiazole rings is 2. The van der Waals surface area contributed by atoms with Gasteiger partial charge in [-0.2, -0.15) is 0 Å². The van der Waals surface area contributed by atoms with Crippen LogP contribution in [0.2, 0.25) is 0 Å². The lowest BCUT2D eigenvalue weighted by molar-refractivity contribution is 0.262. The standard InChI is InChI=1S/C16H16N4OS2/c1-10(2)13-8-17-15(23-13)19-14(21)20-16-18-12(9-22-16)11-6-4-3-5-7-11/h3-10H,1-2H3,(H2,17,18,19,20,21). The Kier molecular flexibility index (Phi) is 4.68. The Balaban J connectivity index is 1.63. The normalized spacial score (nSPS) is 10.7. The van der Waals surface area contributed by atoms with Gasteiger partial charge in [0.05, 0.1) is 5.69 Å². The van der Waals surface area contributed by atoms with Crippen LogP contribution in [0.4, 0.5) is 15.1 Å². The van der Waals surface area contributed by atoms with E-state index in [1.54, 1.807) is 6.20 Å². The SMILES string of the molecule is CC(C)c1cnc(NC(=O)Nc2nc(-c3ccccc3)cs2)s1. The summed E-state index contributed by atoms with van der Waals surface area (Å²) in [4.78, 5) is 21.8. The van der Waals surface area contributed by atoms with Gasteiger partial charge >= 0.3 is 6.03 Å². The van der Waals surface area contributed by atoms with Crippen LogP contribution >= 0.6 is 22.7 Å². The molecule has 3 aromatic rings. The first-order valence-electron chi connectivity index (χ1n) is 7.16. The van der Waals surface area contributed by atoms with Gasteiger partial charge in [-0.15, -0.1) is 22.7 Å². The van der Waals surface area contributed by atoms with E-state index >= 15 is 0 Å². The molecule has 23 heavy (non-hydrogen) atoms. The van der Waals surface area contributed by atoms with Crippen molar-refractivity contribution in [2.24, 2.45) is 0 Å². The molecule has 7 heteroatoms. The van der Waals surface area contributed by atoms with Gasteiger partial charge < -0.3 is 0 Å². The highest BCUT2D eigenvalue weighted by molar-refractivity contribution is 7.16. The number of hydrogen-bond acceptors (Lipinski definition) is 5. The first kappa shape index (κ1) is 15.6. The zero-order valence-corrected chi connectivity index (χ0v) is 14.4. The Morgan fingerprint density at radius 3 is 2.57 bits per heavy atom. The molecular formula is C16H16N4OS2. The number of benzene rings is 1. The van der Waals surface area contributed by atoms with Crippen LogP contribution in [0.3, 0.4) is 0 Å². The van der Waals surface area contributed by atoms with Crippen LogP contribution in [0.25, 0.3) is 11.3 Å². The van der Waals surface area contributed by atoms with E-state index < -0.39 is 0 Å². The number of rotatable bonds is 4. The van der Waals surface area contributed by atoms with E-state index in [1.165, 1.54) is 22.7 Å². The maximum absolute atomic E-state index is 12.0. The highest BCUT2D eigenvalue weighted by Gasteiger charge is 2.11. The molecule has 0 spiro atoms. The number of hydrogen-bond donors (Lipinski definition) is 2. The molecule has 2 aromatic heterocycles. The van der Waals surface area contributed by atoms with Crippen LogP contribution in [0.15, 0.2) is 41.9 Å². The first-order valence-corrected chi connectivity index (χ1v) is 8.86. The van der Waals surface area contributed by atoms with Crippen LogP contribution < -0.4 is 10.6 Å². The summed E-state index contributed by atoms with van der Waals surface area (Å²) in [7, 11) is 0. The summed E-state index contributed by atoms with van der Waals surface area (Å²) < 4.78 is 0. The van der Waals surface area contributed by atoms with Gasteiger partial charge in [0.25, 0.3) is 0 Å². The molecule has 0 aliphatic rings. The average Bonchev–Trinajstić information content (AvgIpc) is 3.18. The third-order valence-electron chi connectivity index (χ3n) is 3.11. The van der Waals surface area contributed by atoms with Crippen molar-refractivity contribution in [1.82, 2.24) is 9.97 Å². The molecule has 0 radical (unpaired) electrons. The monoisotopic (exact) mass is 344 g/mol. The van der Waals surface area contributed by atoms with Crippen molar-refractivity contribution in [2.45, 2.75) is 19.8 Å². The Bertz CT molecular complexity index is 795. The fraction of sp³-hybridized carbons (Fsp3) is 0.188. The molecule has 0 aliphatic heterocycles. The van der Waals surface area contributed by atoms with Gasteiger partial charge in [0, 0.05) is 22.0 Å². The molecule has 1 aromatic carbocycles. The Morgan fingerprint density at radius 2 is 1.87 bits per heavy atom. The smallest absolute Gasteiger partial charge is 0.283 e. The van der Waals surface area contributed by atoms with Crippen molar-refractivity contribution < 1.29 is 4.79 Å². The number of carbonyl (C=O) groups excluding carboxylic acids is 1. The largest absolute Gasteiger partial charge is 0.327 e. The molecule has 2 amide bonds. The number of nitrogens with one attached hydrogen (secondary N) is 2. The second-order valence-electron chi connectivity index (χ2n) is 5.21. The van der Waals surface area contributed by atoms with Crippen molar-refractivity contribution in [1.29, 1.82) is 0 Å². The molecule has 3 rings (SSSR count). The van der Waals surface area contributed by atoms with Crippen LogP contribution in [0.1, 0.15) is 24.6 Å². The quantitative estimate of drug-likeness (QED) is 0.697. The van der Waals surface area contributed by atoms with Crippen LogP contribution in [0, 0.1) is 0 Å². The maximum Gasteiger partial charge on any atom is 0.327 e. The Morgan fingerprint density at radius 1 is 1.13 bits per heavy atom. The van der Waals surface area contributed by atoms with E-state index in [4.69, 9.17) is 0 Å². The third-order valence-corrected chi connectivity index (χ3v) is 5.08. The summed E-state index contributed by atoms with van der Waals surface area (Å²) in [6, 6.07) is 9.53. The van der Waals surface area contributed by atoms with E-state index in [0.717, 1.165) is 16.1 Å². The van der Waals surface area contributed by atoms with E-state index in [1.807, 2.05) is 35.7 Å². The molecule has 0 unspecified atom stereocenters. The van der Waals surface area contributed by atoms with Gasteiger partial charge in [0.1, 0.15) is 0 Å². The number of urea groups is 1. The number of nitrogens with zero attached hydrogens (tertiary/aromatic N) is 2. The number of amides is 2. The molecule has 2 heterocycles. The summed E-state index contributed by atoms with van der Waals surface area (Å²) in [6.07, 6.45) is 1.79. The van der Waals surface area contributed by atoms with Crippen molar-refractivity contribution in [3.05, 3.63) is 46.8 Å². The summed E-state index contributed by atoms with van der Waals surface area (Å²) >= 11 is 2.88. The number of carbonyl (C=O) groups is 1. The predicted octanol–water partition coefficient (Wildman–Crippen LogP) is 5.03. The lowest BCUT2D eigenvalue weighted by atomic mass is 10.2. The fourth-order valence-corrected chi connectivity index (χ4v) is 3.44. The molecule has 0 saturated heterocycles. The summed E-state index contributed by atoms with van der Waals surface area (Å²) in [6.45, 7) is 4.19. The minimum absolute atomic E-state index is 0.330. The van der Waals surface area contributed by atoms with Gasteiger partial charge in [-0.1, -0.05) is 44.2 Å². The molecular weight excluding hydrogens is 328 g/mol. The molecule has 2 N–H and O–H groups in total. The topological polar surface area (TPSA) is 66.9 Å². The highest BCUT2D eigenvalue weighted by Crippen LogP contribution is 2.26. The zero-order valence-electron chi connectivity index (χ0n) is 12.7. The maximum atomic E-state index is 12.0. The van der Waals surface area contributed by atoms with Gasteiger partial charge in [0.15, 0.2) is 10.3 Å². The number of aromatic nitrogens is 2. The molecule has 0 atom stereocenters. The van der Waals surface area contributed by atoms with Crippen LogP contribution in [-0.4, -0.2) is 16.0 Å². The summed E-state index contributed by atoms with van der Waals surface area (Å²) in [5, 5.41) is 8.55. The van der Waals surface area contributed by atoms with Crippen molar-refractivity contribution >= 4 is 39.0 Å². The molecule has 5 nitrogen and oxygen atoms in total. The third kappa shape index (κ3) is 3.94. The van der Waals surface area contributed by atoms with Gasteiger partial charge in [-0.05, 0) is 5.92 Å². The average molecular weight is 344 g/mol. The zero-order chi connectivity index (χ0) is 16.2. The summed E-state index contributed by atoms with van der Waals surface area (Å²) in [5.74, 6) is 0.401. The van der Waals surface area contributed by atoms with Gasteiger partial charge in [-0.25, -0.2) is 14.8 Å². The van der Waals surface area contributed by atoms with E-state index in [-0.39, 0.29) is 6.03 Å². The van der Waals surface area contributed by atoms with Crippen molar-refractivity contribution in [3.63, 3.8) is 0 Å². The molecule has 118 valence electrons. The molecule has 0 aliphatic carbocycles. The fourth-order valence-electron chi connectivity index (χ4n) is 1.91. The van der Waals surface area contributed by atoms with Crippen LogP contribution in [0.5, 0.6) is 0 Å². The second-order valence-corrected chi connectivity index (χ2v) is 7.13. The van der Waals surface area contributed by atoms with Crippen LogP contribution in [-0.2, 0) is 0 Å². The Labute approximate surface area is 142 Å². The predicted molar refractivity (Wildman–Crippen MR) is 96.4 cm³/mol. The minimum Gasteiger partial charge on any atom is -0.283 e. The number of anilines is 2. The van der Waals surface area contributed by atoms with Gasteiger partial charge in [0.2, 0.25) is 0 Å². The van der Waals surface area contributed by atoms with Crippen molar-refractivity contribution in [3.8, 4) is 11.3 Å². The van der Waals surface area contributed by atoms with E-state index in [0.29, 0.717) is 16.2 Å². The summed E-state index contributed by atoms with van der Waals surface area (Å²) in [5.41, 5.74) is 1.88. The Hall–Kier alpha value is -2.25. The van der Waals surface area contributed by atoms with E-state index in [9.17, 15) is 4.79 Å². The lowest BCUT2D eigenvalue weighted by Crippen LogP contribution is -2.19. The molecule has 0 fully saturated rings. The lowest BCUT2D eigenvalue weighted by Gasteiger charge is -2.02. The van der Waals surface area contributed by atoms with Crippen molar-refractivity contribution in [2.75, 3.05) is 10.6 Å². The molecule has 0 bridgehead atoms. The highest BCUT2D eigenvalue weighted by atomic mass is 32.1. The first-order chi connectivity index (χ1) is 11.1. The molecule has 0 saturated carbocycles.